The molecule has 0 aliphatic rings. The number of aromatic nitrogens is 1. The summed E-state index contributed by atoms with van der Waals surface area (Å²) in [6, 6.07) is 2.87. The van der Waals surface area contributed by atoms with Gasteiger partial charge in [-0.2, -0.15) is 13.2 Å². The summed E-state index contributed by atoms with van der Waals surface area (Å²) in [5.74, 6) is 0. The van der Waals surface area contributed by atoms with Crippen LogP contribution in [-0.4, -0.2) is 23.4 Å². The fraction of sp³-hybridized carbons (Fsp3) is 0.273. The van der Waals surface area contributed by atoms with Gasteiger partial charge in [-0.3, -0.25) is 10.4 Å². The van der Waals surface area contributed by atoms with Crippen LogP contribution in [0, 0.1) is 5.41 Å². The van der Waals surface area contributed by atoms with E-state index in [-0.39, 0.29) is 12.3 Å². The molecule has 18 heavy (non-hydrogen) atoms. The SMILES string of the molecule is CC[NH2+]C(=C(Cl)C(=N)c1ccncc1)C(F)(F)F. The Kier molecular flexibility index (Phi) is 4.86. The van der Waals surface area contributed by atoms with Crippen LogP contribution in [0.3, 0.4) is 0 Å². The first-order valence-corrected chi connectivity index (χ1v) is 5.55. The summed E-state index contributed by atoms with van der Waals surface area (Å²) in [7, 11) is 0. The fourth-order valence-corrected chi connectivity index (χ4v) is 1.61. The summed E-state index contributed by atoms with van der Waals surface area (Å²) in [6.07, 6.45) is -1.78. The molecule has 3 N–H and O–H groups in total. The molecule has 1 aromatic heterocycles. The highest BCUT2D eigenvalue weighted by molar-refractivity contribution is 6.46. The first-order chi connectivity index (χ1) is 8.38. The van der Waals surface area contributed by atoms with Crippen LogP contribution in [0.1, 0.15) is 12.5 Å². The molecule has 98 valence electrons. The second-order valence-corrected chi connectivity index (χ2v) is 3.83. The molecule has 0 saturated carbocycles. The Labute approximate surface area is 107 Å². The Balaban J connectivity index is 3.16. The number of quaternary nitrogens is 1. The molecule has 0 aromatic carbocycles. The Hall–Kier alpha value is -1.40. The van der Waals surface area contributed by atoms with Crippen LogP contribution < -0.4 is 5.32 Å². The molecule has 7 heteroatoms. The Morgan fingerprint density at radius 3 is 2.39 bits per heavy atom. The molecular weight excluding hydrogens is 267 g/mol. The van der Waals surface area contributed by atoms with Gasteiger partial charge in [0, 0.05) is 18.0 Å². The van der Waals surface area contributed by atoms with Gasteiger partial charge in [0.1, 0.15) is 5.03 Å². The quantitative estimate of drug-likeness (QED) is 0.814. The van der Waals surface area contributed by atoms with Crippen LogP contribution in [0.25, 0.3) is 0 Å². The summed E-state index contributed by atoms with van der Waals surface area (Å²) < 4.78 is 38.3. The molecule has 0 aliphatic carbocycles. The average molecular weight is 279 g/mol. The number of pyridine rings is 1. The highest BCUT2D eigenvalue weighted by Crippen LogP contribution is 2.26. The molecule has 0 radical (unpaired) electrons. The highest BCUT2D eigenvalue weighted by Gasteiger charge is 2.41. The summed E-state index contributed by atoms with van der Waals surface area (Å²) in [5.41, 5.74) is -1.05. The maximum atomic E-state index is 12.8. The molecule has 1 aromatic rings. The van der Waals surface area contributed by atoms with Gasteiger partial charge in [0.25, 0.3) is 0 Å². The number of rotatable bonds is 4. The number of nitrogens with zero attached hydrogens (tertiary/aromatic N) is 1. The van der Waals surface area contributed by atoms with E-state index in [1.54, 1.807) is 6.92 Å². The second kappa shape index (κ2) is 5.97. The molecule has 0 fully saturated rings. The van der Waals surface area contributed by atoms with Crippen molar-refractivity contribution in [3.05, 3.63) is 40.8 Å². The molecule has 3 nitrogen and oxygen atoms in total. The Morgan fingerprint density at radius 2 is 1.94 bits per heavy atom. The molecule has 0 bridgehead atoms. The number of alkyl halides is 3. The van der Waals surface area contributed by atoms with E-state index in [2.05, 4.69) is 4.98 Å². The lowest BCUT2D eigenvalue weighted by molar-refractivity contribution is -0.622. The van der Waals surface area contributed by atoms with Crippen molar-refractivity contribution in [2.45, 2.75) is 13.1 Å². The lowest BCUT2D eigenvalue weighted by Crippen LogP contribution is -2.84. The van der Waals surface area contributed by atoms with Crippen LogP contribution in [0.5, 0.6) is 0 Å². The molecule has 0 unspecified atom stereocenters. The lowest BCUT2D eigenvalue weighted by Gasteiger charge is -2.11. The predicted octanol–water partition coefficient (Wildman–Crippen LogP) is 2.05. The van der Waals surface area contributed by atoms with E-state index < -0.39 is 16.9 Å². The summed E-state index contributed by atoms with van der Waals surface area (Å²) in [5, 5.41) is 8.06. The summed E-state index contributed by atoms with van der Waals surface area (Å²) in [6.45, 7) is 1.76. The van der Waals surface area contributed by atoms with E-state index in [1.165, 1.54) is 24.5 Å². The maximum Gasteiger partial charge on any atom is 0.468 e. The van der Waals surface area contributed by atoms with Gasteiger partial charge in [-0.15, -0.1) is 0 Å². The maximum absolute atomic E-state index is 12.8. The molecule has 0 saturated heterocycles. The number of hydrogen-bond acceptors (Lipinski definition) is 2. The van der Waals surface area contributed by atoms with Crippen molar-refractivity contribution >= 4 is 17.3 Å². The van der Waals surface area contributed by atoms with Crippen LogP contribution in [0.15, 0.2) is 35.3 Å². The van der Waals surface area contributed by atoms with E-state index in [1.807, 2.05) is 0 Å². The minimum atomic E-state index is -4.56. The molecule has 0 amide bonds. The third-order valence-corrected chi connectivity index (χ3v) is 2.53. The van der Waals surface area contributed by atoms with E-state index in [0.29, 0.717) is 5.56 Å². The van der Waals surface area contributed by atoms with Gasteiger partial charge in [-0.05, 0) is 19.1 Å². The number of hydrogen-bond donors (Lipinski definition) is 2. The first-order valence-electron chi connectivity index (χ1n) is 5.17. The third-order valence-electron chi connectivity index (χ3n) is 2.14. The second-order valence-electron chi connectivity index (χ2n) is 3.45. The van der Waals surface area contributed by atoms with Crippen molar-refractivity contribution in [2.24, 2.45) is 0 Å². The standard InChI is InChI=1S/C11H11ClF3N3/c1-2-18-10(11(13,14)15)8(12)9(16)7-3-5-17-6-4-7/h3-6,16,18H,2H2,1H3/p+1. The van der Waals surface area contributed by atoms with Crippen molar-refractivity contribution < 1.29 is 18.5 Å². The third kappa shape index (κ3) is 3.54. The molecule has 1 rings (SSSR count). The topological polar surface area (TPSA) is 53.4 Å². The molecule has 0 atom stereocenters. The highest BCUT2D eigenvalue weighted by atomic mass is 35.5. The van der Waals surface area contributed by atoms with E-state index in [9.17, 15) is 13.2 Å². The molecular formula is C11H12ClF3N3+. The normalized spacial score (nSPS) is 13.2. The fourth-order valence-electron chi connectivity index (χ4n) is 1.31. The predicted molar refractivity (Wildman–Crippen MR) is 62.5 cm³/mol. The average Bonchev–Trinajstić information content (AvgIpc) is 2.34. The number of nitrogens with two attached hydrogens (primary N) is 1. The lowest BCUT2D eigenvalue weighted by atomic mass is 10.1. The largest absolute Gasteiger partial charge is 0.468 e. The van der Waals surface area contributed by atoms with Gasteiger partial charge in [-0.1, -0.05) is 11.6 Å². The number of nitrogens with one attached hydrogen (secondary N) is 1. The van der Waals surface area contributed by atoms with Gasteiger partial charge in [0.2, 0.25) is 5.70 Å². The van der Waals surface area contributed by atoms with E-state index >= 15 is 0 Å². The minimum Gasteiger partial charge on any atom is -0.308 e. The van der Waals surface area contributed by atoms with E-state index in [0.717, 1.165) is 5.32 Å². The van der Waals surface area contributed by atoms with Crippen LogP contribution >= 0.6 is 11.6 Å². The van der Waals surface area contributed by atoms with Gasteiger partial charge < -0.3 is 5.32 Å². The van der Waals surface area contributed by atoms with Crippen molar-refractivity contribution in [2.75, 3.05) is 6.54 Å². The first kappa shape index (κ1) is 14.7. The monoisotopic (exact) mass is 278 g/mol. The van der Waals surface area contributed by atoms with E-state index in [4.69, 9.17) is 17.0 Å². The summed E-state index contributed by atoms with van der Waals surface area (Å²) >= 11 is 5.68. The van der Waals surface area contributed by atoms with Gasteiger partial charge in [0.05, 0.1) is 12.3 Å². The zero-order valence-electron chi connectivity index (χ0n) is 9.55. The van der Waals surface area contributed by atoms with Crippen LogP contribution in [-0.2, 0) is 0 Å². The summed E-state index contributed by atoms with van der Waals surface area (Å²) in [4.78, 5) is 3.73. The number of allylic oxidation sites excluding steroid dienone is 2. The van der Waals surface area contributed by atoms with Crippen LogP contribution in [0.4, 0.5) is 13.2 Å². The van der Waals surface area contributed by atoms with Crippen molar-refractivity contribution in [3.8, 4) is 0 Å². The smallest absolute Gasteiger partial charge is 0.308 e. The molecule has 0 spiro atoms. The molecule has 0 aliphatic heterocycles. The zero-order valence-corrected chi connectivity index (χ0v) is 10.3. The van der Waals surface area contributed by atoms with Crippen molar-refractivity contribution in [3.63, 3.8) is 0 Å². The van der Waals surface area contributed by atoms with Gasteiger partial charge in [-0.25, -0.2) is 0 Å². The number of halogens is 4. The Morgan fingerprint density at radius 1 is 1.39 bits per heavy atom. The van der Waals surface area contributed by atoms with Gasteiger partial charge >= 0.3 is 6.18 Å². The van der Waals surface area contributed by atoms with Gasteiger partial charge in [0.15, 0.2) is 0 Å². The van der Waals surface area contributed by atoms with Crippen LogP contribution in [0.2, 0.25) is 0 Å². The zero-order chi connectivity index (χ0) is 13.8. The van der Waals surface area contributed by atoms with Crippen molar-refractivity contribution in [1.82, 2.24) is 4.98 Å². The Bertz CT molecular complexity index is 454. The molecule has 1 heterocycles. The minimum absolute atomic E-state index is 0.189. The van der Waals surface area contributed by atoms with Crippen molar-refractivity contribution in [1.29, 1.82) is 5.41 Å².